The molecule has 2 fully saturated rings. The zero-order valence-electron chi connectivity index (χ0n) is 21.6. The van der Waals surface area contributed by atoms with Crippen molar-refractivity contribution in [3.8, 4) is 17.2 Å². The molecule has 1 aromatic carbocycles. The molecule has 2 aliphatic rings. The van der Waals surface area contributed by atoms with Crippen LogP contribution in [0.1, 0.15) is 59.9 Å². The minimum atomic E-state index is -0.377. The average Bonchev–Trinajstić information content (AvgIpc) is 3.66. The Morgan fingerprint density at radius 3 is 2.71 bits per heavy atom. The van der Waals surface area contributed by atoms with Crippen molar-refractivity contribution in [2.24, 2.45) is 5.92 Å². The van der Waals surface area contributed by atoms with Crippen LogP contribution in [0.3, 0.4) is 0 Å². The Morgan fingerprint density at radius 1 is 1.08 bits per heavy atom. The Hall–Kier alpha value is -3.98. The molecule has 0 bridgehead atoms. The molecule has 0 spiro atoms. The van der Waals surface area contributed by atoms with Crippen molar-refractivity contribution in [2.45, 2.75) is 52.2 Å². The molecule has 9 heteroatoms. The van der Waals surface area contributed by atoms with Gasteiger partial charge in [0.15, 0.2) is 11.4 Å². The fourth-order valence-electron chi connectivity index (χ4n) is 4.50. The molecule has 6 rings (SSSR count). The van der Waals surface area contributed by atoms with Gasteiger partial charge in [-0.25, -0.2) is 9.67 Å². The summed E-state index contributed by atoms with van der Waals surface area (Å²) in [7, 11) is 0. The van der Waals surface area contributed by atoms with Gasteiger partial charge >= 0.3 is 0 Å². The first-order chi connectivity index (χ1) is 18.5. The lowest BCUT2D eigenvalue weighted by Gasteiger charge is -2.22. The molecule has 9 nitrogen and oxygen atoms in total. The molecule has 4 aromatic rings. The number of nitrogens with zero attached hydrogens (tertiary/aromatic N) is 4. The van der Waals surface area contributed by atoms with Crippen molar-refractivity contribution in [1.29, 1.82) is 0 Å². The number of rotatable bonds is 8. The fraction of sp³-hybridized carbons (Fsp3) is 0.379. The summed E-state index contributed by atoms with van der Waals surface area (Å²) in [6.45, 7) is 5.41. The number of fused-ring (bicyclic) bond motifs is 1. The van der Waals surface area contributed by atoms with Gasteiger partial charge in [0.2, 0.25) is 0 Å². The van der Waals surface area contributed by atoms with Gasteiger partial charge in [0, 0.05) is 18.2 Å². The van der Waals surface area contributed by atoms with Gasteiger partial charge in [0.1, 0.15) is 23.5 Å². The number of hydrogen-bond donors (Lipinski definition) is 1. The SMILES string of the molecule is Cc1cc2nccc(Oc3ccc(NC(=O)c4nn(C5CCCCO5)cc4OCC4CC4)nc3)c2cc1C. The van der Waals surface area contributed by atoms with Crippen molar-refractivity contribution < 1.29 is 19.0 Å². The summed E-state index contributed by atoms with van der Waals surface area (Å²) in [5.41, 5.74) is 3.46. The molecule has 1 amide bonds. The van der Waals surface area contributed by atoms with Crippen molar-refractivity contribution in [1.82, 2.24) is 19.7 Å². The van der Waals surface area contributed by atoms with Crippen molar-refractivity contribution >= 4 is 22.6 Å². The standard InChI is InChI=1S/C29H31N5O4/c1-18-13-22-23(14-19(18)2)30-11-10-24(22)38-21-8-9-26(31-15-21)32-29(35)28-25(37-17-20-6-7-20)16-34(33-28)27-5-3-4-12-36-27/h8-11,13-16,20,27H,3-7,12,17H2,1-2H3,(H,31,32,35). The van der Waals surface area contributed by atoms with E-state index in [1.54, 1.807) is 35.4 Å². The second kappa shape index (κ2) is 10.4. The zero-order valence-corrected chi connectivity index (χ0v) is 21.6. The molecule has 1 saturated heterocycles. The van der Waals surface area contributed by atoms with E-state index in [0.717, 1.165) is 43.0 Å². The van der Waals surface area contributed by atoms with Gasteiger partial charge in [-0.15, -0.1) is 0 Å². The van der Waals surface area contributed by atoms with Gasteiger partial charge in [0.25, 0.3) is 5.91 Å². The van der Waals surface area contributed by atoms with E-state index in [0.29, 0.717) is 42.2 Å². The molecular formula is C29H31N5O4. The molecule has 3 aromatic heterocycles. The van der Waals surface area contributed by atoms with Crippen LogP contribution in [0, 0.1) is 19.8 Å². The van der Waals surface area contributed by atoms with Crippen molar-refractivity contribution in [2.75, 3.05) is 18.5 Å². The molecule has 1 unspecified atom stereocenters. The molecule has 38 heavy (non-hydrogen) atoms. The lowest BCUT2D eigenvalue weighted by atomic mass is 10.1. The van der Waals surface area contributed by atoms with E-state index in [9.17, 15) is 4.79 Å². The van der Waals surface area contributed by atoms with E-state index in [2.05, 4.69) is 46.4 Å². The lowest BCUT2D eigenvalue weighted by Crippen LogP contribution is -2.20. The van der Waals surface area contributed by atoms with Crippen LogP contribution in [0.5, 0.6) is 17.2 Å². The van der Waals surface area contributed by atoms with Gasteiger partial charge in [0.05, 0.1) is 24.5 Å². The Balaban J connectivity index is 1.17. The van der Waals surface area contributed by atoms with Crippen LogP contribution in [0.4, 0.5) is 5.82 Å². The van der Waals surface area contributed by atoms with Crippen LogP contribution in [0.15, 0.2) is 48.9 Å². The monoisotopic (exact) mass is 513 g/mol. The summed E-state index contributed by atoms with van der Waals surface area (Å²) in [5.74, 6) is 2.30. The smallest absolute Gasteiger partial charge is 0.281 e. The molecule has 1 aliphatic carbocycles. The maximum absolute atomic E-state index is 13.2. The summed E-state index contributed by atoms with van der Waals surface area (Å²) >= 11 is 0. The number of pyridine rings is 2. The molecule has 4 heterocycles. The quantitative estimate of drug-likeness (QED) is 0.309. The van der Waals surface area contributed by atoms with E-state index in [1.165, 1.54) is 11.1 Å². The fourth-order valence-corrected chi connectivity index (χ4v) is 4.50. The third-order valence-electron chi connectivity index (χ3n) is 7.06. The van der Waals surface area contributed by atoms with Gasteiger partial charge < -0.3 is 19.5 Å². The average molecular weight is 514 g/mol. The van der Waals surface area contributed by atoms with E-state index in [4.69, 9.17) is 14.2 Å². The highest BCUT2D eigenvalue weighted by molar-refractivity contribution is 6.04. The molecule has 0 radical (unpaired) electrons. The Morgan fingerprint density at radius 2 is 1.95 bits per heavy atom. The lowest BCUT2D eigenvalue weighted by molar-refractivity contribution is -0.0397. The van der Waals surface area contributed by atoms with Crippen LogP contribution >= 0.6 is 0 Å². The minimum Gasteiger partial charge on any atom is -0.489 e. The largest absolute Gasteiger partial charge is 0.489 e. The molecule has 1 aliphatic heterocycles. The Bertz CT molecular complexity index is 1460. The Labute approximate surface area is 221 Å². The van der Waals surface area contributed by atoms with Crippen LogP contribution in [0.25, 0.3) is 10.9 Å². The van der Waals surface area contributed by atoms with E-state index < -0.39 is 0 Å². The molecular weight excluding hydrogens is 482 g/mol. The number of benzene rings is 1. The summed E-state index contributed by atoms with van der Waals surface area (Å²) < 4.78 is 19.7. The first-order valence-corrected chi connectivity index (χ1v) is 13.2. The molecule has 196 valence electrons. The zero-order chi connectivity index (χ0) is 26.1. The molecule has 1 N–H and O–H groups in total. The highest BCUT2D eigenvalue weighted by Gasteiger charge is 2.27. The van der Waals surface area contributed by atoms with E-state index in [1.807, 2.05) is 6.07 Å². The summed E-state index contributed by atoms with van der Waals surface area (Å²) in [4.78, 5) is 22.0. The number of nitrogens with one attached hydrogen (secondary N) is 1. The van der Waals surface area contributed by atoms with E-state index in [-0.39, 0.29) is 17.8 Å². The first-order valence-electron chi connectivity index (χ1n) is 13.2. The second-order valence-corrected chi connectivity index (χ2v) is 10.1. The number of aromatic nitrogens is 4. The van der Waals surface area contributed by atoms with Gasteiger partial charge in [-0.1, -0.05) is 0 Å². The second-order valence-electron chi connectivity index (χ2n) is 10.1. The summed E-state index contributed by atoms with van der Waals surface area (Å²) in [5, 5.41) is 8.31. The van der Waals surface area contributed by atoms with Crippen LogP contribution in [-0.4, -0.2) is 38.9 Å². The number of hydrogen-bond acceptors (Lipinski definition) is 7. The molecule has 1 atom stereocenters. The number of carbonyl (C=O) groups excluding carboxylic acids is 1. The number of ether oxygens (including phenoxy) is 3. The number of anilines is 1. The van der Waals surface area contributed by atoms with Crippen molar-refractivity contribution in [3.63, 3.8) is 0 Å². The highest BCUT2D eigenvalue weighted by Crippen LogP contribution is 2.33. The topological polar surface area (TPSA) is 100 Å². The van der Waals surface area contributed by atoms with Gasteiger partial charge in [-0.3, -0.25) is 9.78 Å². The summed E-state index contributed by atoms with van der Waals surface area (Å²) in [6.07, 6.45) is 10.2. The van der Waals surface area contributed by atoms with Crippen LogP contribution in [-0.2, 0) is 4.74 Å². The molecule has 1 saturated carbocycles. The van der Waals surface area contributed by atoms with Crippen molar-refractivity contribution in [3.05, 3.63) is 65.7 Å². The number of amides is 1. The van der Waals surface area contributed by atoms with Crippen LogP contribution < -0.4 is 14.8 Å². The van der Waals surface area contributed by atoms with Gasteiger partial charge in [-0.05, 0) is 93.3 Å². The van der Waals surface area contributed by atoms with Crippen LogP contribution in [0.2, 0.25) is 0 Å². The summed E-state index contributed by atoms with van der Waals surface area (Å²) in [6, 6.07) is 9.45. The maximum Gasteiger partial charge on any atom is 0.281 e. The number of carbonyl (C=O) groups is 1. The predicted molar refractivity (Wildman–Crippen MR) is 143 cm³/mol. The van der Waals surface area contributed by atoms with E-state index >= 15 is 0 Å². The maximum atomic E-state index is 13.2. The number of aryl methyl sites for hydroxylation is 2. The first kappa shape index (κ1) is 24.4. The normalized spacial score (nSPS) is 17.4. The minimum absolute atomic E-state index is 0.180. The Kier molecular flexibility index (Phi) is 6.68. The third-order valence-corrected chi connectivity index (χ3v) is 7.06. The predicted octanol–water partition coefficient (Wildman–Crippen LogP) is 5.98. The highest BCUT2D eigenvalue weighted by atomic mass is 16.5. The van der Waals surface area contributed by atoms with Gasteiger partial charge in [-0.2, -0.15) is 5.10 Å². The third kappa shape index (κ3) is 5.33.